The molecule has 3 atom stereocenters. The van der Waals surface area contributed by atoms with E-state index in [4.69, 9.17) is 46.4 Å². The van der Waals surface area contributed by atoms with Gasteiger partial charge in [-0.2, -0.15) is 5.43 Å². The van der Waals surface area contributed by atoms with Crippen LogP contribution in [0.2, 0.25) is 0 Å². The second kappa shape index (κ2) is 8.56. The summed E-state index contributed by atoms with van der Waals surface area (Å²) in [5.41, 5.74) is 13.4. The number of hydrogen-bond donors (Lipinski definition) is 3. The Morgan fingerprint density at radius 1 is 1.00 bits per heavy atom. The van der Waals surface area contributed by atoms with E-state index in [1.54, 1.807) is 21.3 Å². The minimum atomic E-state index is -0.432. The zero-order valence-electron chi connectivity index (χ0n) is 17.7. The van der Waals surface area contributed by atoms with E-state index in [0.717, 1.165) is 11.1 Å². The maximum absolute atomic E-state index is 6.22. The van der Waals surface area contributed by atoms with Gasteiger partial charge in [0.15, 0.2) is 34.3 Å². The molecule has 31 heavy (non-hydrogen) atoms. The van der Waals surface area contributed by atoms with Crippen molar-refractivity contribution in [2.24, 2.45) is 11.7 Å². The van der Waals surface area contributed by atoms with Crippen molar-refractivity contribution in [1.29, 1.82) is 0 Å². The molecule has 2 aliphatic heterocycles. The second-order valence-corrected chi connectivity index (χ2v) is 7.65. The van der Waals surface area contributed by atoms with Gasteiger partial charge in [-0.25, -0.2) is 0 Å². The maximum Gasteiger partial charge on any atom is 0.231 e. The average molecular weight is 448 g/mol. The van der Waals surface area contributed by atoms with Gasteiger partial charge in [0.1, 0.15) is 5.75 Å². The predicted octanol–water partition coefficient (Wildman–Crippen LogP) is 2.27. The summed E-state index contributed by atoms with van der Waals surface area (Å²) in [7, 11) is 4.77. The van der Waals surface area contributed by atoms with Gasteiger partial charge in [0, 0.05) is 23.5 Å². The molecule has 2 aliphatic rings. The van der Waals surface area contributed by atoms with Crippen LogP contribution in [0.3, 0.4) is 0 Å². The van der Waals surface area contributed by atoms with Gasteiger partial charge in [0.05, 0.1) is 21.3 Å². The molecule has 2 heterocycles. The molecule has 4 rings (SSSR count). The highest BCUT2D eigenvalue weighted by Gasteiger charge is 2.39. The molecule has 0 unspecified atom stereocenters. The lowest BCUT2D eigenvalue weighted by molar-refractivity contribution is 0.0725. The fraction of sp³-hybridized carbons (Fsp3) is 0.381. The van der Waals surface area contributed by atoms with Crippen LogP contribution in [-0.2, 0) is 0 Å². The van der Waals surface area contributed by atoms with Crippen LogP contribution in [0.4, 0.5) is 0 Å². The Morgan fingerprint density at radius 3 is 2.23 bits per heavy atom. The number of nitrogens with one attached hydrogen (secondary N) is 2. The topological polar surface area (TPSA) is 105 Å². The van der Waals surface area contributed by atoms with Gasteiger partial charge in [-0.05, 0) is 36.0 Å². The first-order chi connectivity index (χ1) is 15.0. The third-order valence-corrected chi connectivity index (χ3v) is 5.58. The smallest absolute Gasteiger partial charge is 0.231 e. The Bertz CT molecular complexity index is 976. The Labute approximate surface area is 185 Å². The summed E-state index contributed by atoms with van der Waals surface area (Å²) in [6, 6.07) is 7.68. The molecule has 0 spiro atoms. The Balaban J connectivity index is 1.84. The van der Waals surface area contributed by atoms with Crippen LogP contribution in [0.1, 0.15) is 24.0 Å². The quantitative estimate of drug-likeness (QED) is 0.451. The third kappa shape index (κ3) is 3.84. The van der Waals surface area contributed by atoms with Gasteiger partial charge in [0.2, 0.25) is 12.5 Å². The Kier molecular flexibility index (Phi) is 5.84. The Hall–Kier alpha value is -3.11. The van der Waals surface area contributed by atoms with Crippen LogP contribution in [-0.4, -0.2) is 39.5 Å². The first-order valence-corrected chi connectivity index (χ1v) is 10.1. The highest BCUT2D eigenvalue weighted by Crippen LogP contribution is 2.51. The number of methoxy groups -OCH3 is 3. The molecule has 2 aromatic carbocycles. The lowest BCUT2D eigenvalue weighted by Crippen LogP contribution is -2.54. The van der Waals surface area contributed by atoms with Crippen LogP contribution in [0.25, 0.3) is 0 Å². The molecule has 4 N–H and O–H groups in total. The number of thiocarbonyl (C=S) groups is 1. The second-order valence-electron chi connectivity index (χ2n) is 7.21. The molecule has 166 valence electrons. The number of hydrogen-bond acceptors (Lipinski definition) is 8. The molecule has 0 saturated carbocycles. The van der Waals surface area contributed by atoms with E-state index in [0.29, 0.717) is 34.5 Å². The van der Waals surface area contributed by atoms with E-state index in [1.165, 1.54) is 0 Å². The number of fused-ring (bicyclic) bond motifs is 2. The standard InChI is InChI=1S/C21H25N3O6S/c1-10-18(11-5-16(25-2)19(27-4)17(6-11)26-3)12-7-14-15(29-9-28-14)8-13(12)30-20(10)23-24-21(22)31/h5-8,10,18,20,23H,9H2,1-4H3,(H3,22,24,31)/t10-,18-,20+/m1/s1. The maximum atomic E-state index is 6.22. The summed E-state index contributed by atoms with van der Waals surface area (Å²) >= 11 is 4.93. The summed E-state index contributed by atoms with van der Waals surface area (Å²) in [4.78, 5) is 0. The van der Waals surface area contributed by atoms with Crippen LogP contribution in [0, 0.1) is 5.92 Å². The summed E-state index contributed by atoms with van der Waals surface area (Å²) < 4.78 is 34.0. The van der Waals surface area contributed by atoms with E-state index in [9.17, 15) is 0 Å². The molecule has 0 aliphatic carbocycles. The van der Waals surface area contributed by atoms with Crippen molar-refractivity contribution in [2.75, 3.05) is 28.1 Å². The molecule has 9 nitrogen and oxygen atoms in total. The molecule has 0 radical (unpaired) electrons. The summed E-state index contributed by atoms with van der Waals surface area (Å²) in [5, 5.41) is 0.122. The van der Waals surface area contributed by atoms with Crippen molar-refractivity contribution in [1.82, 2.24) is 10.9 Å². The van der Waals surface area contributed by atoms with E-state index < -0.39 is 6.23 Å². The van der Waals surface area contributed by atoms with Crippen molar-refractivity contribution >= 4 is 17.3 Å². The third-order valence-electron chi connectivity index (χ3n) is 5.48. The van der Waals surface area contributed by atoms with Crippen LogP contribution >= 0.6 is 12.2 Å². The number of benzene rings is 2. The zero-order valence-corrected chi connectivity index (χ0v) is 18.5. The van der Waals surface area contributed by atoms with E-state index >= 15 is 0 Å². The SMILES string of the molecule is COc1cc([C@@H]2c3cc4c(cc3O[C@H](NNC(N)=S)[C@@H]2C)OCO4)cc(OC)c1OC. The molecule has 10 heteroatoms. The molecular weight excluding hydrogens is 422 g/mol. The van der Waals surface area contributed by atoms with Crippen LogP contribution < -0.4 is 45.0 Å². The van der Waals surface area contributed by atoms with Gasteiger partial charge in [-0.15, -0.1) is 0 Å². The minimum Gasteiger partial charge on any atom is -0.493 e. The fourth-order valence-electron chi connectivity index (χ4n) is 4.05. The number of ether oxygens (including phenoxy) is 6. The van der Waals surface area contributed by atoms with Gasteiger partial charge in [-0.3, -0.25) is 5.43 Å². The van der Waals surface area contributed by atoms with Crippen LogP contribution in [0.15, 0.2) is 24.3 Å². The van der Waals surface area contributed by atoms with E-state index in [-0.39, 0.29) is 23.7 Å². The number of hydrazine groups is 1. The molecule has 0 fully saturated rings. The number of nitrogens with two attached hydrogens (primary N) is 1. The molecule has 2 aromatic rings. The first kappa shape index (κ1) is 21.1. The van der Waals surface area contributed by atoms with Crippen molar-refractivity contribution in [3.05, 3.63) is 35.4 Å². The zero-order chi connectivity index (χ0) is 22.1. The van der Waals surface area contributed by atoms with E-state index in [2.05, 4.69) is 17.8 Å². The highest BCUT2D eigenvalue weighted by atomic mass is 32.1. The summed E-state index contributed by atoms with van der Waals surface area (Å²) in [6.45, 7) is 2.24. The van der Waals surface area contributed by atoms with E-state index in [1.807, 2.05) is 24.3 Å². The molecule has 0 bridgehead atoms. The average Bonchev–Trinajstić information content (AvgIpc) is 3.22. The van der Waals surface area contributed by atoms with Gasteiger partial charge in [0.25, 0.3) is 0 Å². The van der Waals surface area contributed by atoms with Crippen molar-refractivity contribution < 1.29 is 28.4 Å². The normalized spacial score (nSPS) is 21.0. The predicted molar refractivity (Wildman–Crippen MR) is 117 cm³/mol. The summed E-state index contributed by atoms with van der Waals surface area (Å²) in [6.07, 6.45) is -0.432. The number of rotatable bonds is 6. The Morgan fingerprint density at radius 2 is 1.65 bits per heavy atom. The van der Waals surface area contributed by atoms with Gasteiger partial charge >= 0.3 is 0 Å². The van der Waals surface area contributed by atoms with Crippen molar-refractivity contribution in [2.45, 2.75) is 19.1 Å². The fourth-order valence-corrected chi connectivity index (χ4v) is 4.11. The highest BCUT2D eigenvalue weighted by molar-refractivity contribution is 7.80. The summed E-state index contributed by atoms with van der Waals surface area (Å²) in [5.74, 6) is 3.52. The van der Waals surface area contributed by atoms with Gasteiger partial charge < -0.3 is 34.2 Å². The lowest BCUT2D eigenvalue weighted by Gasteiger charge is -2.38. The minimum absolute atomic E-state index is 0.0440. The molecule has 0 saturated heterocycles. The molecule has 0 amide bonds. The molecular formula is C21H25N3O6S. The monoisotopic (exact) mass is 447 g/mol. The first-order valence-electron chi connectivity index (χ1n) is 9.67. The lowest BCUT2D eigenvalue weighted by atomic mass is 9.78. The van der Waals surface area contributed by atoms with Gasteiger partial charge in [-0.1, -0.05) is 6.92 Å². The largest absolute Gasteiger partial charge is 0.493 e. The molecule has 0 aromatic heterocycles. The van der Waals surface area contributed by atoms with Crippen molar-refractivity contribution in [3.8, 4) is 34.5 Å². The van der Waals surface area contributed by atoms with Crippen LogP contribution in [0.5, 0.6) is 34.5 Å². The van der Waals surface area contributed by atoms with Crippen molar-refractivity contribution in [3.63, 3.8) is 0 Å².